The van der Waals surface area contributed by atoms with Crippen LogP contribution in [0, 0.1) is 11.8 Å². The van der Waals surface area contributed by atoms with Gasteiger partial charge in [-0.3, -0.25) is 4.79 Å². The fraction of sp³-hybridized carbons (Fsp3) is 0.727. The molecule has 1 saturated carbocycles. The lowest BCUT2D eigenvalue weighted by molar-refractivity contribution is -0.126. The van der Waals surface area contributed by atoms with Crippen LogP contribution < -0.4 is 0 Å². The summed E-state index contributed by atoms with van der Waals surface area (Å²) in [6, 6.07) is 0. The lowest BCUT2D eigenvalue weighted by Crippen LogP contribution is -2.25. The summed E-state index contributed by atoms with van der Waals surface area (Å²) in [6.07, 6.45) is 8.25. The molecule has 1 heteroatoms. The third-order valence-electron chi connectivity index (χ3n) is 2.81. The smallest absolute Gasteiger partial charge is 0.136 e. The van der Waals surface area contributed by atoms with Gasteiger partial charge >= 0.3 is 0 Å². The van der Waals surface area contributed by atoms with Crippen LogP contribution in [0.5, 0.6) is 0 Å². The van der Waals surface area contributed by atoms with Crippen LogP contribution in [0.1, 0.15) is 39.5 Å². The predicted molar refractivity (Wildman–Crippen MR) is 50.9 cm³/mol. The standard InChI is InChI=1S/C11H18O/c1-3-4-7-10-9(2)6-5-8-11(10)12/h3-4,9-10H,5-8H2,1-2H3/b4-3+/t9-,10+/m0/s1. The highest BCUT2D eigenvalue weighted by atomic mass is 16.1. The van der Waals surface area contributed by atoms with E-state index in [2.05, 4.69) is 13.0 Å². The van der Waals surface area contributed by atoms with E-state index in [1.54, 1.807) is 0 Å². The van der Waals surface area contributed by atoms with E-state index in [0.29, 0.717) is 17.6 Å². The number of hydrogen-bond donors (Lipinski definition) is 0. The lowest BCUT2D eigenvalue weighted by atomic mass is 9.78. The summed E-state index contributed by atoms with van der Waals surface area (Å²) in [6.45, 7) is 4.21. The molecule has 0 aromatic heterocycles. The molecule has 1 fully saturated rings. The van der Waals surface area contributed by atoms with Crippen LogP contribution in [-0.2, 0) is 4.79 Å². The zero-order valence-corrected chi connectivity index (χ0v) is 8.05. The first-order chi connectivity index (χ1) is 5.75. The summed E-state index contributed by atoms with van der Waals surface area (Å²) in [5.41, 5.74) is 0. The van der Waals surface area contributed by atoms with Crippen molar-refractivity contribution in [3.8, 4) is 0 Å². The second-order valence-corrected chi connectivity index (χ2v) is 3.75. The molecule has 0 aromatic rings. The molecule has 12 heavy (non-hydrogen) atoms. The summed E-state index contributed by atoms with van der Waals surface area (Å²) in [4.78, 5) is 11.5. The van der Waals surface area contributed by atoms with E-state index in [-0.39, 0.29) is 0 Å². The number of Topliss-reactive ketones (excluding diaryl/α,β-unsaturated/α-hetero) is 1. The average Bonchev–Trinajstić information content (AvgIpc) is 2.04. The molecule has 2 atom stereocenters. The van der Waals surface area contributed by atoms with E-state index in [1.165, 1.54) is 6.42 Å². The van der Waals surface area contributed by atoms with Crippen LogP contribution >= 0.6 is 0 Å². The number of hydrogen-bond acceptors (Lipinski definition) is 1. The maximum absolute atomic E-state index is 11.5. The molecule has 1 rings (SSSR count). The fourth-order valence-electron chi connectivity index (χ4n) is 1.95. The topological polar surface area (TPSA) is 17.1 Å². The Morgan fingerprint density at radius 3 is 2.92 bits per heavy atom. The monoisotopic (exact) mass is 166 g/mol. The second-order valence-electron chi connectivity index (χ2n) is 3.75. The molecule has 0 heterocycles. The van der Waals surface area contributed by atoms with Gasteiger partial charge in [0.05, 0.1) is 0 Å². The quantitative estimate of drug-likeness (QED) is 0.576. The molecule has 0 saturated heterocycles. The van der Waals surface area contributed by atoms with Gasteiger partial charge in [-0.1, -0.05) is 19.1 Å². The molecule has 0 N–H and O–H groups in total. The summed E-state index contributed by atoms with van der Waals surface area (Å²) in [5.74, 6) is 1.39. The lowest BCUT2D eigenvalue weighted by Gasteiger charge is -2.26. The van der Waals surface area contributed by atoms with Gasteiger partial charge in [0.25, 0.3) is 0 Å². The molecule has 0 radical (unpaired) electrons. The van der Waals surface area contributed by atoms with Gasteiger partial charge < -0.3 is 0 Å². The highest BCUT2D eigenvalue weighted by Crippen LogP contribution is 2.29. The first-order valence-corrected chi connectivity index (χ1v) is 4.89. The number of carbonyl (C=O) groups is 1. The van der Waals surface area contributed by atoms with Gasteiger partial charge in [0, 0.05) is 12.3 Å². The predicted octanol–water partition coefficient (Wildman–Crippen LogP) is 2.96. The third-order valence-corrected chi connectivity index (χ3v) is 2.81. The van der Waals surface area contributed by atoms with Crippen LogP contribution in [0.2, 0.25) is 0 Å². The van der Waals surface area contributed by atoms with Crippen molar-refractivity contribution in [3.63, 3.8) is 0 Å². The van der Waals surface area contributed by atoms with Gasteiger partial charge in [-0.15, -0.1) is 0 Å². The molecule has 1 aliphatic carbocycles. The molecular weight excluding hydrogens is 148 g/mol. The molecule has 0 aliphatic heterocycles. The maximum Gasteiger partial charge on any atom is 0.136 e. The SMILES string of the molecule is C/C=C/C[C@H]1C(=O)CCC[C@@H]1C. The fourth-order valence-corrected chi connectivity index (χ4v) is 1.95. The van der Waals surface area contributed by atoms with Crippen LogP contribution in [0.4, 0.5) is 0 Å². The Hall–Kier alpha value is -0.590. The number of rotatable bonds is 2. The molecule has 1 aliphatic rings. The van der Waals surface area contributed by atoms with Crippen LogP contribution in [0.25, 0.3) is 0 Å². The molecule has 1 nitrogen and oxygen atoms in total. The van der Waals surface area contributed by atoms with E-state index in [4.69, 9.17) is 0 Å². The highest BCUT2D eigenvalue weighted by molar-refractivity contribution is 5.82. The summed E-state index contributed by atoms with van der Waals surface area (Å²) in [5, 5.41) is 0. The number of carbonyl (C=O) groups excluding carboxylic acids is 1. The van der Waals surface area contributed by atoms with Crippen molar-refractivity contribution in [2.24, 2.45) is 11.8 Å². The number of ketones is 1. The third kappa shape index (κ3) is 2.20. The molecule has 0 aromatic carbocycles. The Morgan fingerprint density at radius 2 is 2.33 bits per heavy atom. The minimum Gasteiger partial charge on any atom is -0.299 e. The normalized spacial score (nSPS) is 31.3. The molecule has 0 spiro atoms. The molecule has 0 unspecified atom stereocenters. The largest absolute Gasteiger partial charge is 0.299 e. The summed E-state index contributed by atoms with van der Waals surface area (Å²) in [7, 11) is 0. The highest BCUT2D eigenvalue weighted by Gasteiger charge is 2.27. The Morgan fingerprint density at radius 1 is 1.58 bits per heavy atom. The van der Waals surface area contributed by atoms with Gasteiger partial charge in [0.15, 0.2) is 0 Å². The molecule has 0 amide bonds. The minimum absolute atomic E-state index is 0.315. The van der Waals surface area contributed by atoms with Crippen molar-refractivity contribution < 1.29 is 4.79 Å². The van der Waals surface area contributed by atoms with E-state index in [0.717, 1.165) is 19.3 Å². The van der Waals surface area contributed by atoms with Crippen molar-refractivity contribution in [3.05, 3.63) is 12.2 Å². The Labute approximate surface area is 74.9 Å². The maximum atomic E-state index is 11.5. The van der Waals surface area contributed by atoms with Crippen LogP contribution in [0.3, 0.4) is 0 Å². The minimum atomic E-state index is 0.315. The van der Waals surface area contributed by atoms with Crippen LogP contribution in [-0.4, -0.2) is 5.78 Å². The van der Waals surface area contributed by atoms with Crippen LogP contribution in [0.15, 0.2) is 12.2 Å². The van der Waals surface area contributed by atoms with Crippen molar-refractivity contribution in [2.45, 2.75) is 39.5 Å². The Balaban J connectivity index is 2.51. The van der Waals surface area contributed by atoms with Gasteiger partial charge in [0.1, 0.15) is 5.78 Å². The van der Waals surface area contributed by atoms with Gasteiger partial charge in [-0.25, -0.2) is 0 Å². The Kier molecular flexibility index (Phi) is 3.51. The van der Waals surface area contributed by atoms with Gasteiger partial charge in [0.2, 0.25) is 0 Å². The van der Waals surface area contributed by atoms with Crippen molar-refractivity contribution in [2.75, 3.05) is 0 Å². The number of allylic oxidation sites excluding steroid dienone is 2. The van der Waals surface area contributed by atoms with E-state index in [9.17, 15) is 4.79 Å². The molecule has 0 bridgehead atoms. The van der Waals surface area contributed by atoms with Crippen molar-refractivity contribution in [1.82, 2.24) is 0 Å². The van der Waals surface area contributed by atoms with E-state index >= 15 is 0 Å². The second kappa shape index (κ2) is 4.44. The zero-order chi connectivity index (χ0) is 8.97. The summed E-state index contributed by atoms with van der Waals surface area (Å²) < 4.78 is 0. The van der Waals surface area contributed by atoms with Gasteiger partial charge in [-0.05, 0) is 32.1 Å². The Bertz CT molecular complexity index is 181. The average molecular weight is 166 g/mol. The summed E-state index contributed by atoms with van der Waals surface area (Å²) >= 11 is 0. The first-order valence-electron chi connectivity index (χ1n) is 4.89. The zero-order valence-electron chi connectivity index (χ0n) is 8.05. The molecule has 68 valence electrons. The van der Waals surface area contributed by atoms with Gasteiger partial charge in [-0.2, -0.15) is 0 Å². The first kappa shape index (κ1) is 9.50. The van der Waals surface area contributed by atoms with Crippen molar-refractivity contribution in [1.29, 1.82) is 0 Å². The van der Waals surface area contributed by atoms with Crippen molar-refractivity contribution >= 4 is 5.78 Å². The van der Waals surface area contributed by atoms with E-state index < -0.39 is 0 Å². The van der Waals surface area contributed by atoms with E-state index in [1.807, 2.05) is 13.0 Å². The molecular formula is C11H18O.